The Labute approximate surface area is 159 Å². The van der Waals surface area contributed by atoms with Crippen LogP contribution in [-0.2, 0) is 4.74 Å². The molecule has 0 aliphatic carbocycles. The standard InChI is InChI=1S/C16H29N5O4S/c1-2-3-4-5-6-7-17-15(26)19-14-18-10-21(16(24)20-14)13-8-11(23)12(9-22)25-13/h11-13,22-23H,2-10H2,1H3,(H3,17,18,19,20,24,26)/t11-,12+,13+/m0/s1. The lowest BCUT2D eigenvalue weighted by atomic mass is 10.1. The molecule has 2 rings (SSSR count). The van der Waals surface area contributed by atoms with Crippen molar-refractivity contribution in [3.05, 3.63) is 0 Å². The summed E-state index contributed by atoms with van der Waals surface area (Å²) < 4.78 is 5.48. The number of guanidine groups is 1. The number of hydrogen-bond acceptors (Lipinski definition) is 6. The van der Waals surface area contributed by atoms with E-state index in [4.69, 9.17) is 22.1 Å². The zero-order valence-electron chi connectivity index (χ0n) is 15.1. The van der Waals surface area contributed by atoms with Gasteiger partial charge in [0.1, 0.15) is 19.0 Å². The maximum absolute atomic E-state index is 12.2. The number of ether oxygens (including phenoxy) is 1. The summed E-state index contributed by atoms with van der Waals surface area (Å²) in [6.07, 6.45) is 4.07. The van der Waals surface area contributed by atoms with Gasteiger partial charge in [-0.2, -0.15) is 0 Å². The number of rotatable bonds is 8. The zero-order valence-corrected chi connectivity index (χ0v) is 15.9. The largest absolute Gasteiger partial charge is 0.394 e. The van der Waals surface area contributed by atoms with Crippen LogP contribution in [0.1, 0.15) is 45.4 Å². The number of carbonyl (C=O) groups is 1. The fraction of sp³-hybridized carbons (Fsp3) is 0.812. The van der Waals surface area contributed by atoms with E-state index >= 15 is 0 Å². The number of urea groups is 1. The summed E-state index contributed by atoms with van der Waals surface area (Å²) in [4.78, 5) is 17.8. The molecule has 2 amide bonds. The molecule has 26 heavy (non-hydrogen) atoms. The van der Waals surface area contributed by atoms with Crippen molar-refractivity contribution in [1.29, 1.82) is 0 Å². The number of hydrogen-bond donors (Lipinski definition) is 5. The van der Waals surface area contributed by atoms with Crippen LogP contribution in [0, 0.1) is 0 Å². The van der Waals surface area contributed by atoms with Crippen LogP contribution in [0.3, 0.4) is 0 Å². The molecule has 3 atom stereocenters. The first kappa shape index (κ1) is 20.8. The van der Waals surface area contributed by atoms with Gasteiger partial charge in [-0.3, -0.25) is 10.2 Å². The highest BCUT2D eigenvalue weighted by Crippen LogP contribution is 2.23. The molecule has 0 radical (unpaired) electrons. The highest BCUT2D eigenvalue weighted by molar-refractivity contribution is 7.80. The summed E-state index contributed by atoms with van der Waals surface area (Å²) in [7, 11) is 0. The van der Waals surface area contributed by atoms with E-state index in [1.807, 2.05) is 0 Å². The van der Waals surface area contributed by atoms with E-state index in [1.165, 1.54) is 24.2 Å². The first-order chi connectivity index (χ1) is 12.5. The average Bonchev–Trinajstić information content (AvgIpc) is 2.98. The van der Waals surface area contributed by atoms with Gasteiger partial charge in [-0.05, 0) is 18.6 Å². The molecule has 2 aliphatic heterocycles. The van der Waals surface area contributed by atoms with Gasteiger partial charge in [0.05, 0.1) is 12.7 Å². The third kappa shape index (κ3) is 6.04. The van der Waals surface area contributed by atoms with Crippen molar-refractivity contribution in [2.75, 3.05) is 19.8 Å². The fourth-order valence-electron chi connectivity index (χ4n) is 2.87. The summed E-state index contributed by atoms with van der Waals surface area (Å²) >= 11 is 5.20. The quantitative estimate of drug-likeness (QED) is 0.299. The van der Waals surface area contributed by atoms with Crippen LogP contribution in [0.5, 0.6) is 0 Å². The number of thiocarbonyl (C=S) groups is 1. The average molecular weight is 388 g/mol. The lowest BCUT2D eigenvalue weighted by Crippen LogP contribution is -2.57. The summed E-state index contributed by atoms with van der Waals surface area (Å²) in [5.74, 6) is 0.284. The molecule has 0 aromatic carbocycles. The number of unbranched alkanes of at least 4 members (excludes halogenated alkanes) is 4. The van der Waals surface area contributed by atoms with Gasteiger partial charge in [0, 0.05) is 13.0 Å². The Morgan fingerprint density at radius 2 is 2.19 bits per heavy atom. The summed E-state index contributed by atoms with van der Waals surface area (Å²) in [5, 5.41) is 27.9. The molecule has 0 spiro atoms. The summed E-state index contributed by atoms with van der Waals surface area (Å²) in [6.45, 7) is 2.76. The normalized spacial score (nSPS) is 25.7. The second-order valence-electron chi connectivity index (χ2n) is 6.46. The third-order valence-corrected chi connectivity index (χ3v) is 4.64. The topological polar surface area (TPSA) is 118 Å². The van der Waals surface area contributed by atoms with E-state index < -0.39 is 18.4 Å². The molecule has 10 heteroatoms. The third-order valence-electron chi connectivity index (χ3n) is 4.40. The van der Waals surface area contributed by atoms with E-state index in [-0.39, 0.29) is 31.7 Å². The molecule has 5 N–H and O–H groups in total. The minimum absolute atomic E-state index is 0.0866. The molecule has 0 aromatic rings. The number of aliphatic hydroxyl groups is 2. The first-order valence-corrected chi connectivity index (χ1v) is 9.57. The molecule has 0 unspecified atom stereocenters. The van der Waals surface area contributed by atoms with Crippen molar-refractivity contribution in [3.8, 4) is 0 Å². The highest BCUT2D eigenvalue weighted by Gasteiger charge is 2.39. The lowest BCUT2D eigenvalue weighted by Gasteiger charge is -2.30. The van der Waals surface area contributed by atoms with Crippen LogP contribution in [-0.4, -0.2) is 70.5 Å². The number of carbonyl (C=O) groups excluding carboxylic acids is 1. The summed E-state index contributed by atoms with van der Waals surface area (Å²) in [6, 6.07) is -0.388. The van der Waals surface area contributed by atoms with E-state index in [2.05, 4.69) is 27.9 Å². The number of aliphatic hydroxyl groups excluding tert-OH is 2. The van der Waals surface area contributed by atoms with Gasteiger partial charge in [0.2, 0.25) is 5.96 Å². The molecule has 1 fully saturated rings. The Morgan fingerprint density at radius 1 is 1.42 bits per heavy atom. The lowest BCUT2D eigenvalue weighted by molar-refractivity contribution is -0.0637. The fourth-order valence-corrected chi connectivity index (χ4v) is 3.07. The van der Waals surface area contributed by atoms with E-state index in [0.29, 0.717) is 5.11 Å². The second kappa shape index (κ2) is 10.6. The molecule has 1 saturated heterocycles. The second-order valence-corrected chi connectivity index (χ2v) is 6.87. The molecule has 2 heterocycles. The van der Waals surface area contributed by atoms with Crippen LogP contribution >= 0.6 is 12.2 Å². The van der Waals surface area contributed by atoms with Crippen LogP contribution in [0.2, 0.25) is 0 Å². The van der Waals surface area contributed by atoms with E-state index in [1.54, 1.807) is 0 Å². The van der Waals surface area contributed by atoms with Crippen molar-refractivity contribution in [2.24, 2.45) is 4.99 Å². The number of aliphatic imine (C=N–C) groups is 1. The summed E-state index contributed by atoms with van der Waals surface area (Å²) in [5.41, 5.74) is 0. The van der Waals surface area contributed by atoms with E-state index in [9.17, 15) is 9.90 Å². The van der Waals surface area contributed by atoms with Gasteiger partial charge in [-0.15, -0.1) is 0 Å². The van der Waals surface area contributed by atoms with Crippen molar-refractivity contribution in [1.82, 2.24) is 20.9 Å². The van der Waals surface area contributed by atoms with E-state index in [0.717, 1.165) is 19.4 Å². The predicted octanol–water partition coefficient (Wildman–Crippen LogP) is 0.228. The minimum Gasteiger partial charge on any atom is -0.394 e. The van der Waals surface area contributed by atoms with Crippen LogP contribution in [0.25, 0.3) is 0 Å². The molecule has 148 valence electrons. The van der Waals surface area contributed by atoms with Crippen LogP contribution in [0.15, 0.2) is 4.99 Å². The van der Waals surface area contributed by atoms with Gasteiger partial charge >= 0.3 is 6.03 Å². The Morgan fingerprint density at radius 3 is 2.85 bits per heavy atom. The number of nitrogens with zero attached hydrogens (tertiary/aromatic N) is 2. The monoisotopic (exact) mass is 387 g/mol. The molecule has 0 saturated carbocycles. The predicted molar refractivity (Wildman–Crippen MR) is 102 cm³/mol. The van der Waals surface area contributed by atoms with Gasteiger partial charge in [0.25, 0.3) is 0 Å². The minimum atomic E-state index is -0.796. The Kier molecular flexibility index (Phi) is 8.49. The Hall–Kier alpha value is -1.49. The van der Waals surface area contributed by atoms with Gasteiger partial charge in [-0.25, -0.2) is 9.79 Å². The maximum atomic E-state index is 12.2. The molecular weight excluding hydrogens is 358 g/mol. The van der Waals surface area contributed by atoms with Gasteiger partial charge < -0.3 is 25.6 Å². The van der Waals surface area contributed by atoms with Crippen molar-refractivity contribution in [3.63, 3.8) is 0 Å². The smallest absolute Gasteiger partial charge is 0.327 e. The number of nitrogens with one attached hydrogen (secondary N) is 3. The molecule has 2 aliphatic rings. The SMILES string of the molecule is CCCCCCCNC(=S)NC1=NCN([C@H]2C[C@H](O)[C@@H](CO)O2)C(=O)N1. The molecule has 9 nitrogen and oxygen atoms in total. The molecular formula is C16H29N5O4S. The number of amides is 2. The van der Waals surface area contributed by atoms with Crippen LogP contribution < -0.4 is 16.0 Å². The highest BCUT2D eigenvalue weighted by atomic mass is 32.1. The zero-order chi connectivity index (χ0) is 18.9. The molecule has 0 aromatic heterocycles. The van der Waals surface area contributed by atoms with Gasteiger partial charge in [-0.1, -0.05) is 32.6 Å². The van der Waals surface area contributed by atoms with Crippen molar-refractivity contribution < 1.29 is 19.7 Å². The Balaban J connectivity index is 1.71. The first-order valence-electron chi connectivity index (χ1n) is 9.16. The maximum Gasteiger partial charge on any atom is 0.327 e. The Bertz CT molecular complexity index is 519. The van der Waals surface area contributed by atoms with Crippen molar-refractivity contribution >= 4 is 29.3 Å². The van der Waals surface area contributed by atoms with Crippen LogP contribution in [0.4, 0.5) is 4.79 Å². The molecule has 0 bridgehead atoms. The van der Waals surface area contributed by atoms with Crippen molar-refractivity contribution in [2.45, 2.75) is 63.9 Å². The van der Waals surface area contributed by atoms with Gasteiger partial charge in [0.15, 0.2) is 5.11 Å².